The molecule has 1 aromatic heterocycles. The smallest absolute Gasteiger partial charge is 0.0561 e. The molecule has 1 aromatic rings. The number of hydrogen-bond donors (Lipinski definition) is 1. The molecule has 0 spiro atoms. The van der Waals surface area contributed by atoms with Crippen molar-refractivity contribution in [1.29, 1.82) is 0 Å². The summed E-state index contributed by atoms with van der Waals surface area (Å²) >= 11 is 7.73. The Bertz CT molecular complexity index is 278. The predicted molar refractivity (Wildman–Crippen MR) is 58.2 cm³/mol. The summed E-state index contributed by atoms with van der Waals surface area (Å²) in [4.78, 5) is 1.17. The van der Waals surface area contributed by atoms with Crippen LogP contribution < -0.4 is 5.73 Å². The number of nitrogens with two attached hydrogens (primary N) is 1. The van der Waals surface area contributed by atoms with Gasteiger partial charge in [-0.05, 0) is 30.2 Å². The third-order valence-corrected chi connectivity index (χ3v) is 4.32. The van der Waals surface area contributed by atoms with Gasteiger partial charge in [0, 0.05) is 10.9 Å². The van der Waals surface area contributed by atoms with Crippen LogP contribution in [0, 0.1) is 5.92 Å². The summed E-state index contributed by atoms with van der Waals surface area (Å²) in [7, 11) is 0. The van der Waals surface area contributed by atoms with Gasteiger partial charge in [-0.3, -0.25) is 0 Å². The van der Waals surface area contributed by atoms with E-state index in [1.807, 2.05) is 11.4 Å². The van der Waals surface area contributed by atoms with Gasteiger partial charge >= 0.3 is 0 Å². The number of halogens is 1. The molecule has 0 radical (unpaired) electrons. The van der Waals surface area contributed by atoms with Crippen molar-refractivity contribution in [2.75, 3.05) is 0 Å². The van der Waals surface area contributed by atoms with Gasteiger partial charge in [0.2, 0.25) is 0 Å². The van der Waals surface area contributed by atoms with Gasteiger partial charge in [-0.25, -0.2) is 0 Å². The Morgan fingerprint density at radius 3 is 2.69 bits per heavy atom. The highest BCUT2D eigenvalue weighted by molar-refractivity contribution is 7.10. The summed E-state index contributed by atoms with van der Waals surface area (Å²) in [6.45, 7) is 0. The molecule has 0 saturated heterocycles. The lowest BCUT2D eigenvalue weighted by molar-refractivity contribution is 0.450. The van der Waals surface area contributed by atoms with Crippen molar-refractivity contribution < 1.29 is 0 Å². The Morgan fingerprint density at radius 2 is 2.15 bits per heavy atom. The lowest BCUT2D eigenvalue weighted by Gasteiger charge is -2.17. The van der Waals surface area contributed by atoms with Crippen molar-refractivity contribution in [2.24, 2.45) is 11.7 Å². The fraction of sp³-hybridized carbons (Fsp3) is 0.600. The van der Waals surface area contributed by atoms with Crippen molar-refractivity contribution >= 4 is 22.9 Å². The van der Waals surface area contributed by atoms with Crippen molar-refractivity contribution in [1.82, 2.24) is 0 Å². The molecule has 0 amide bonds. The highest BCUT2D eigenvalue weighted by atomic mass is 35.5. The van der Waals surface area contributed by atoms with E-state index in [0.29, 0.717) is 5.92 Å². The molecular formula is C10H14ClNS. The van der Waals surface area contributed by atoms with Gasteiger partial charge in [0.05, 0.1) is 5.02 Å². The van der Waals surface area contributed by atoms with Gasteiger partial charge in [0.1, 0.15) is 0 Å². The molecular weight excluding hydrogens is 202 g/mol. The van der Waals surface area contributed by atoms with Crippen LogP contribution in [0.15, 0.2) is 11.4 Å². The standard InChI is InChI=1S/C10H14ClNS/c11-8-5-6-13-10(8)9(12)7-3-1-2-4-7/h5-7,9H,1-4,12H2/t9-/m1/s1. The third-order valence-electron chi connectivity index (χ3n) is 2.86. The molecule has 2 rings (SSSR count). The van der Waals surface area contributed by atoms with Crippen LogP contribution in [0.3, 0.4) is 0 Å². The first-order valence-electron chi connectivity index (χ1n) is 4.77. The molecule has 1 saturated carbocycles. The van der Waals surface area contributed by atoms with E-state index in [4.69, 9.17) is 17.3 Å². The molecule has 1 aliphatic rings. The summed E-state index contributed by atoms with van der Waals surface area (Å²) in [6, 6.07) is 2.12. The first-order chi connectivity index (χ1) is 6.29. The Hall–Kier alpha value is -0.0500. The van der Waals surface area contributed by atoms with Crippen molar-refractivity contribution in [2.45, 2.75) is 31.7 Å². The Labute approximate surface area is 87.9 Å². The van der Waals surface area contributed by atoms with Crippen molar-refractivity contribution in [3.63, 3.8) is 0 Å². The fourth-order valence-electron chi connectivity index (χ4n) is 2.07. The average Bonchev–Trinajstić information content (AvgIpc) is 2.72. The van der Waals surface area contributed by atoms with E-state index in [2.05, 4.69) is 0 Å². The highest BCUT2D eigenvalue weighted by Crippen LogP contribution is 2.38. The molecule has 0 aromatic carbocycles. The summed E-state index contributed by atoms with van der Waals surface area (Å²) in [5.74, 6) is 0.663. The van der Waals surface area contributed by atoms with Gasteiger partial charge in [-0.2, -0.15) is 0 Å². The lowest BCUT2D eigenvalue weighted by Crippen LogP contribution is -2.18. The van der Waals surface area contributed by atoms with E-state index >= 15 is 0 Å². The second-order valence-electron chi connectivity index (χ2n) is 3.70. The summed E-state index contributed by atoms with van der Waals surface area (Å²) in [5.41, 5.74) is 6.17. The molecule has 1 atom stereocenters. The van der Waals surface area contributed by atoms with E-state index in [1.165, 1.54) is 30.6 Å². The molecule has 0 unspecified atom stereocenters. The molecule has 1 fully saturated rings. The Kier molecular flexibility index (Phi) is 2.92. The van der Waals surface area contributed by atoms with E-state index in [1.54, 1.807) is 11.3 Å². The normalized spacial score (nSPS) is 20.8. The molecule has 1 aliphatic carbocycles. The second kappa shape index (κ2) is 3.99. The topological polar surface area (TPSA) is 26.0 Å². The fourth-order valence-corrected chi connectivity index (χ4v) is 3.35. The van der Waals surface area contributed by atoms with E-state index < -0.39 is 0 Å². The Morgan fingerprint density at radius 1 is 1.46 bits per heavy atom. The van der Waals surface area contributed by atoms with Crippen LogP contribution in [0.1, 0.15) is 36.6 Å². The van der Waals surface area contributed by atoms with Crippen LogP contribution in [-0.2, 0) is 0 Å². The average molecular weight is 216 g/mol. The van der Waals surface area contributed by atoms with Gasteiger partial charge in [0.25, 0.3) is 0 Å². The SMILES string of the molecule is N[C@@H](c1sccc1Cl)C1CCCC1. The van der Waals surface area contributed by atoms with Gasteiger partial charge in [-0.1, -0.05) is 24.4 Å². The maximum Gasteiger partial charge on any atom is 0.0561 e. The maximum atomic E-state index is 6.17. The molecule has 3 heteroatoms. The van der Waals surface area contributed by atoms with E-state index in [-0.39, 0.29) is 6.04 Å². The van der Waals surface area contributed by atoms with Crippen LogP contribution in [0.5, 0.6) is 0 Å². The zero-order valence-corrected chi connectivity index (χ0v) is 9.07. The maximum absolute atomic E-state index is 6.17. The quantitative estimate of drug-likeness (QED) is 0.802. The first-order valence-corrected chi connectivity index (χ1v) is 6.03. The number of rotatable bonds is 2. The monoisotopic (exact) mass is 215 g/mol. The third kappa shape index (κ3) is 1.90. The molecule has 72 valence electrons. The van der Waals surface area contributed by atoms with Crippen LogP contribution in [0.4, 0.5) is 0 Å². The van der Waals surface area contributed by atoms with Crippen LogP contribution in [-0.4, -0.2) is 0 Å². The first kappa shape index (κ1) is 9.50. The molecule has 0 aliphatic heterocycles. The highest BCUT2D eigenvalue weighted by Gasteiger charge is 2.25. The summed E-state index contributed by atoms with van der Waals surface area (Å²) < 4.78 is 0. The molecule has 1 nitrogen and oxygen atoms in total. The second-order valence-corrected chi connectivity index (χ2v) is 5.06. The van der Waals surface area contributed by atoms with Gasteiger partial charge < -0.3 is 5.73 Å². The minimum absolute atomic E-state index is 0.176. The zero-order valence-electron chi connectivity index (χ0n) is 7.50. The lowest BCUT2D eigenvalue weighted by atomic mass is 9.98. The van der Waals surface area contributed by atoms with Crippen molar-refractivity contribution in [3.8, 4) is 0 Å². The van der Waals surface area contributed by atoms with Crippen LogP contribution in [0.25, 0.3) is 0 Å². The van der Waals surface area contributed by atoms with Gasteiger partial charge in [-0.15, -0.1) is 11.3 Å². The Balaban J connectivity index is 2.12. The molecule has 1 heterocycles. The van der Waals surface area contributed by atoms with Crippen LogP contribution >= 0.6 is 22.9 Å². The van der Waals surface area contributed by atoms with E-state index in [9.17, 15) is 0 Å². The molecule has 13 heavy (non-hydrogen) atoms. The largest absolute Gasteiger partial charge is 0.323 e. The van der Waals surface area contributed by atoms with Gasteiger partial charge in [0.15, 0.2) is 0 Å². The van der Waals surface area contributed by atoms with Crippen LogP contribution in [0.2, 0.25) is 5.02 Å². The number of hydrogen-bond acceptors (Lipinski definition) is 2. The zero-order chi connectivity index (χ0) is 9.26. The van der Waals surface area contributed by atoms with Crippen molar-refractivity contribution in [3.05, 3.63) is 21.3 Å². The number of thiophene rings is 1. The minimum atomic E-state index is 0.176. The molecule has 2 N–H and O–H groups in total. The predicted octanol–water partition coefficient (Wildman–Crippen LogP) is 3.59. The summed E-state index contributed by atoms with van der Waals surface area (Å²) in [5, 5.41) is 2.87. The molecule has 0 bridgehead atoms. The van der Waals surface area contributed by atoms with E-state index in [0.717, 1.165) is 5.02 Å². The minimum Gasteiger partial charge on any atom is -0.323 e. The summed E-state index contributed by atoms with van der Waals surface area (Å²) in [6.07, 6.45) is 5.22.